The standard InChI is InChI=1S/C26H32N6O2/c1-16-12-28-24(14-27-16)30-25-17(2)26(19-5-6-19)32(18(3)33)23-8-7-20(11-22(23)25)21-13-29-31(15-21)9-10-34-4/h7-8,11-15,17,19,25-26H,5-6,9-10H2,1-4H3,(H,28,30)/t17-,25?,26?/m1/s1. The molecule has 3 atom stereocenters. The zero-order chi connectivity index (χ0) is 23.8. The van der Waals surface area contributed by atoms with E-state index in [0.29, 0.717) is 19.1 Å². The number of amides is 1. The fraction of sp³-hybridized carbons (Fsp3) is 0.462. The molecule has 1 fully saturated rings. The van der Waals surface area contributed by atoms with Crippen LogP contribution in [0.3, 0.4) is 0 Å². The van der Waals surface area contributed by atoms with Crippen LogP contribution in [0, 0.1) is 18.8 Å². The van der Waals surface area contributed by atoms with E-state index in [9.17, 15) is 4.79 Å². The van der Waals surface area contributed by atoms with Crippen molar-refractivity contribution in [2.45, 2.75) is 52.2 Å². The predicted molar refractivity (Wildman–Crippen MR) is 132 cm³/mol. The summed E-state index contributed by atoms with van der Waals surface area (Å²) in [6.07, 6.45) is 9.83. The Labute approximate surface area is 200 Å². The van der Waals surface area contributed by atoms with Crippen molar-refractivity contribution in [2.24, 2.45) is 11.8 Å². The summed E-state index contributed by atoms with van der Waals surface area (Å²) in [4.78, 5) is 23.9. The molecule has 178 valence electrons. The van der Waals surface area contributed by atoms with E-state index < -0.39 is 0 Å². The van der Waals surface area contributed by atoms with Crippen LogP contribution in [-0.2, 0) is 16.1 Å². The molecule has 5 rings (SSSR count). The van der Waals surface area contributed by atoms with Crippen molar-refractivity contribution in [1.29, 1.82) is 0 Å². The third kappa shape index (κ3) is 4.30. The van der Waals surface area contributed by atoms with Crippen LogP contribution in [0.15, 0.2) is 43.0 Å². The second-order valence-corrected chi connectivity index (χ2v) is 9.50. The largest absolute Gasteiger partial charge is 0.383 e. The number of ether oxygens (including phenoxy) is 1. The SMILES string of the molecule is COCCn1cc(-c2ccc3c(c2)C(Nc2cnc(C)cn2)[C@@H](C)C(C2CC2)N3C(C)=O)cn1. The van der Waals surface area contributed by atoms with Gasteiger partial charge in [-0.25, -0.2) is 4.98 Å². The van der Waals surface area contributed by atoms with Crippen molar-refractivity contribution in [1.82, 2.24) is 19.7 Å². The van der Waals surface area contributed by atoms with E-state index in [0.717, 1.165) is 33.9 Å². The maximum atomic E-state index is 12.9. The fourth-order valence-corrected chi connectivity index (χ4v) is 5.19. The van der Waals surface area contributed by atoms with Gasteiger partial charge < -0.3 is 15.0 Å². The smallest absolute Gasteiger partial charge is 0.224 e. The highest BCUT2D eigenvalue weighted by molar-refractivity contribution is 5.94. The zero-order valence-corrected chi connectivity index (χ0v) is 20.2. The molecule has 0 radical (unpaired) electrons. The normalized spacial score (nSPS) is 21.9. The molecule has 34 heavy (non-hydrogen) atoms. The Bertz CT molecular complexity index is 1170. The summed E-state index contributed by atoms with van der Waals surface area (Å²) < 4.78 is 7.07. The summed E-state index contributed by atoms with van der Waals surface area (Å²) in [5.74, 6) is 1.60. The molecule has 1 aromatic carbocycles. The van der Waals surface area contributed by atoms with E-state index >= 15 is 0 Å². The lowest BCUT2D eigenvalue weighted by molar-refractivity contribution is -0.117. The molecule has 8 nitrogen and oxygen atoms in total. The number of hydrogen-bond donors (Lipinski definition) is 1. The summed E-state index contributed by atoms with van der Waals surface area (Å²) in [7, 11) is 1.69. The molecule has 1 saturated carbocycles. The molecule has 2 aromatic heterocycles. The number of carbonyl (C=O) groups is 1. The van der Waals surface area contributed by atoms with Gasteiger partial charge >= 0.3 is 0 Å². The van der Waals surface area contributed by atoms with Crippen LogP contribution in [0.2, 0.25) is 0 Å². The van der Waals surface area contributed by atoms with Crippen molar-refractivity contribution >= 4 is 17.4 Å². The second-order valence-electron chi connectivity index (χ2n) is 9.50. The lowest BCUT2D eigenvalue weighted by Gasteiger charge is -2.46. The van der Waals surface area contributed by atoms with Gasteiger partial charge in [-0.3, -0.25) is 14.5 Å². The topological polar surface area (TPSA) is 85.2 Å². The number of carbonyl (C=O) groups excluding carboxylic acids is 1. The Morgan fingerprint density at radius 1 is 1.18 bits per heavy atom. The average Bonchev–Trinajstić information content (AvgIpc) is 3.56. The van der Waals surface area contributed by atoms with E-state index in [-0.39, 0.29) is 23.9 Å². The minimum atomic E-state index is 0.0108. The fourth-order valence-electron chi connectivity index (χ4n) is 5.19. The van der Waals surface area contributed by atoms with Crippen molar-refractivity contribution in [3.05, 3.63) is 54.2 Å². The van der Waals surface area contributed by atoms with Gasteiger partial charge in [0.15, 0.2) is 0 Å². The molecular weight excluding hydrogens is 428 g/mol. The van der Waals surface area contributed by atoms with Crippen molar-refractivity contribution in [3.63, 3.8) is 0 Å². The molecule has 0 saturated heterocycles. The summed E-state index contributed by atoms with van der Waals surface area (Å²) in [5, 5.41) is 8.13. The van der Waals surface area contributed by atoms with Crippen molar-refractivity contribution in [3.8, 4) is 11.1 Å². The van der Waals surface area contributed by atoms with Crippen LogP contribution in [0.1, 0.15) is 44.0 Å². The zero-order valence-electron chi connectivity index (χ0n) is 20.2. The number of nitrogens with one attached hydrogen (secondary N) is 1. The van der Waals surface area contributed by atoms with Crippen LogP contribution < -0.4 is 10.2 Å². The monoisotopic (exact) mass is 460 g/mol. The van der Waals surface area contributed by atoms with Gasteiger partial charge in [0.25, 0.3) is 0 Å². The third-order valence-corrected chi connectivity index (χ3v) is 7.00. The number of methoxy groups -OCH3 is 1. The van der Waals surface area contributed by atoms with Gasteiger partial charge in [-0.1, -0.05) is 13.0 Å². The number of benzene rings is 1. The highest BCUT2D eigenvalue weighted by Crippen LogP contribution is 2.50. The Kier molecular flexibility index (Phi) is 6.08. The summed E-state index contributed by atoms with van der Waals surface area (Å²) in [5.41, 5.74) is 5.08. The molecule has 3 heterocycles. The van der Waals surface area contributed by atoms with E-state index in [2.05, 4.69) is 45.5 Å². The average molecular weight is 461 g/mol. The maximum Gasteiger partial charge on any atom is 0.224 e. The molecule has 8 heteroatoms. The first-order chi connectivity index (χ1) is 16.5. The number of rotatable bonds is 7. The van der Waals surface area contributed by atoms with Crippen LogP contribution >= 0.6 is 0 Å². The van der Waals surface area contributed by atoms with Crippen LogP contribution in [-0.4, -0.2) is 45.4 Å². The van der Waals surface area contributed by atoms with E-state index in [1.807, 2.05) is 28.9 Å². The van der Waals surface area contributed by atoms with Gasteiger partial charge in [0.05, 0.1) is 43.5 Å². The molecule has 3 aromatic rings. The first-order valence-corrected chi connectivity index (χ1v) is 12.0. The number of anilines is 2. The van der Waals surface area contributed by atoms with Gasteiger partial charge in [-0.2, -0.15) is 5.10 Å². The number of fused-ring (bicyclic) bond motifs is 1. The van der Waals surface area contributed by atoms with Gasteiger partial charge in [0, 0.05) is 43.4 Å². The summed E-state index contributed by atoms with van der Waals surface area (Å²) in [6, 6.07) is 6.56. The van der Waals surface area contributed by atoms with Crippen LogP contribution in [0.4, 0.5) is 11.5 Å². The van der Waals surface area contributed by atoms with Gasteiger partial charge in [0.1, 0.15) is 5.82 Å². The molecule has 1 N–H and O–H groups in total. The van der Waals surface area contributed by atoms with Crippen LogP contribution in [0.5, 0.6) is 0 Å². The second kappa shape index (κ2) is 9.18. The molecule has 0 spiro atoms. The summed E-state index contributed by atoms with van der Waals surface area (Å²) >= 11 is 0. The molecule has 1 aliphatic heterocycles. The highest BCUT2D eigenvalue weighted by atomic mass is 16.5. The Hall–Kier alpha value is -3.26. The quantitative estimate of drug-likeness (QED) is 0.568. The molecular formula is C26H32N6O2. The third-order valence-electron chi connectivity index (χ3n) is 7.00. The highest BCUT2D eigenvalue weighted by Gasteiger charge is 2.47. The minimum Gasteiger partial charge on any atom is -0.383 e. The molecule has 1 amide bonds. The van der Waals surface area contributed by atoms with Crippen molar-refractivity contribution < 1.29 is 9.53 Å². The Morgan fingerprint density at radius 3 is 2.68 bits per heavy atom. The van der Waals surface area contributed by atoms with Gasteiger partial charge in [-0.05, 0) is 48.9 Å². The van der Waals surface area contributed by atoms with Crippen LogP contribution in [0.25, 0.3) is 11.1 Å². The number of hydrogen-bond acceptors (Lipinski definition) is 6. The van der Waals surface area contributed by atoms with E-state index in [1.54, 1.807) is 26.4 Å². The number of nitrogens with zero attached hydrogens (tertiary/aromatic N) is 5. The summed E-state index contributed by atoms with van der Waals surface area (Å²) in [6.45, 7) is 7.18. The van der Waals surface area contributed by atoms with E-state index in [4.69, 9.17) is 4.74 Å². The Balaban J connectivity index is 1.56. The van der Waals surface area contributed by atoms with Crippen molar-refractivity contribution in [2.75, 3.05) is 23.9 Å². The number of aromatic nitrogens is 4. The lowest BCUT2D eigenvalue weighted by atomic mass is 9.79. The first-order valence-electron chi connectivity index (χ1n) is 12.0. The molecule has 2 aliphatic rings. The first kappa shape index (κ1) is 22.5. The molecule has 0 bridgehead atoms. The lowest BCUT2D eigenvalue weighted by Crippen LogP contribution is -2.51. The maximum absolute atomic E-state index is 12.9. The van der Waals surface area contributed by atoms with Gasteiger partial charge in [-0.15, -0.1) is 0 Å². The predicted octanol–water partition coefficient (Wildman–Crippen LogP) is 4.23. The number of aryl methyl sites for hydroxylation is 1. The Morgan fingerprint density at radius 2 is 2.00 bits per heavy atom. The molecule has 1 aliphatic carbocycles. The minimum absolute atomic E-state index is 0.0108. The van der Waals surface area contributed by atoms with Gasteiger partial charge in [0.2, 0.25) is 5.91 Å². The van der Waals surface area contributed by atoms with E-state index in [1.165, 1.54) is 12.8 Å². The molecule has 2 unspecified atom stereocenters.